The zero-order valence-electron chi connectivity index (χ0n) is 20.8. The Balaban J connectivity index is 1.73. The summed E-state index contributed by atoms with van der Waals surface area (Å²) in [5.41, 5.74) is 7.22. The number of ether oxygens (including phenoxy) is 1. The lowest BCUT2D eigenvalue weighted by Crippen LogP contribution is -2.27. The summed E-state index contributed by atoms with van der Waals surface area (Å²) >= 11 is 0. The van der Waals surface area contributed by atoms with E-state index in [0.717, 1.165) is 47.4 Å². The van der Waals surface area contributed by atoms with Gasteiger partial charge in [-0.05, 0) is 53.7 Å². The molecule has 0 unspecified atom stereocenters. The van der Waals surface area contributed by atoms with E-state index in [-0.39, 0.29) is 17.2 Å². The van der Waals surface area contributed by atoms with Gasteiger partial charge in [-0.15, -0.1) is 0 Å². The van der Waals surface area contributed by atoms with Gasteiger partial charge in [0.25, 0.3) is 5.91 Å². The Morgan fingerprint density at radius 3 is 2.56 bits per heavy atom. The number of phenolic OH excluding ortho intramolecular Hbond substituents is 1. The zero-order chi connectivity index (χ0) is 24.8. The topological polar surface area (TPSA) is 99.8 Å². The maximum atomic E-state index is 13.4. The molecule has 0 aromatic heterocycles. The van der Waals surface area contributed by atoms with Crippen LogP contribution in [0.15, 0.2) is 36.9 Å². The number of nitrogens with one attached hydrogen (secondary N) is 2. The number of anilines is 1. The van der Waals surface area contributed by atoms with Gasteiger partial charge in [-0.25, -0.2) is 0 Å². The third-order valence-electron chi connectivity index (χ3n) is 6.04. The van der Waals surface area contributed by atoms with E-state index in [0.29, 0.717) is 37.3 Å². The fraction of sp³-hybridized carbons (Fsp3) is 0.444. The minimum absolute atomic E-state index is 0.101. The zero-order valence-corrected chi connectivity index (χ0v) is 20.8. The summed E-state index contributed by atoms with van der Waals surface area (Å²) in [7, 11) is 0. The molecule has 0 fully saturated rings. The van der Waals surface area contributed by atoms with Crippen LogP contribution in [0, 0.1) is 5.92 Å². The van der Waals surface area contributed by atoms with Crippen LogP contribution in [0.25, 0.3) is 5.57 Å². The molecule has 7 nitrogen and oxygen atoms in total. The summed E-state index contributed by atoms with van der Waals surface area (Å²) in [6, 6.07) is 9.57. The van der Waals surface area contributed by atoms with Crippen molar-refractivity contribution in [3.05, 3.63) is 59.2 Å². The molecule has 7 heteroatoms. The highest BCUT2D eigenvalue weighted by molar-refractivity contribution is 5.99. The smallest absolute Gasteiger partial charge is 0.258 e. The molecular formula is C27H38N4O3. The quantitative estimate of drug-likeness (QED) is 0.218. The number of fused-ring (bicyclic) bond motifs is 1. The maximum absolute atomic E-state index is 13.4. The molecule has 1 aliphatic rings. The van der Waals surface area contributed by atoms with Gasteiger partial charge in [0.1, 0.15) is 18.1 Å². The number of aromatic hydroxyl groups is 1. The van der Waals surface area contributed by atoms with Crippen LogP contribution in [-0.4, -0.2) is 35.1 Å². The highest BCUT2D eigenvalue weighted by atomic mass is 16.5. The first-order valence-corrected chi connectivity index (χ1v) is 12.0. The van der Waals surface area contributed by atoms with Crippen molar-refractivity contribution < 1.29 is 14.6 Å². The van der Waals surface area contributed by atoms with Gasteiger partial charge in [-0.3, -0.25) is 10.6 Å². The molecule has 0 spiro atoms. The highest BCUT2D eigenvalue weighted by Crippen LogP contribution is 2.35. The first-order valence-electron chi connectivity index (χ1n) is 12.0. The normalized spacial score (nSPS) is 12.9. The minimum atomic E-state index is -0.223. The van der Waals surface area contributed by atoms with Crippen LogP contribution < -0.4 is 21.3 Å². The summed E-state index contributed by atoms with van der Waals surface area (Å²) < 4.78 is 5.85. The number of phenols is 1. The Bertz CT molecular complexity index is 1030. The second kappa shape index (κ2) is 11.4. The summed E-state index contributed by atoms with van der Waals surface area (Å²) in [6.07, 6.45) is 1.77. The van der Waals surface area contributed by atoms with Gasteiger partial charge in [-0.2, -0.15) is 0 Å². The lowest BCUT2D eigenvalue weighted by Gasteiger charge is -2.19. The van der Waals surface area contributed by atoms with Crippen LogP contribution in [0.2, 0.25) is 0 Å². The standard InChI is InChI=1S/C27H38N4O3/c1-17(2)6-7-19(5)23-13-24(26(32)14-25(23)30-28)27(33)31-15-20-8-9-22(12-21(20)16-31)34-11-10-29-18(3)4/h8-9,12-14,17-18,29-30,32H,5-7,10-11,15-16,28H2,1-4H3. The molecule has 2 aromatic carbocycles. The first kappa shape index (κ1) is 25.6. The largest absolute Gasteiger partial charge is 0.507 e. The molecule has 0 saturated carbocycles. The molecule has 34 heavy (non-hydrogen) atoms. The number of hydrazine groups is 1. The summed E-state index contributed by atoms with van der Waals surface area (Å²) in [4.78, 5) is 15.1. The molecule has 1 aliphatic heterocycles. The van der Waals surface area contributed by atoms with Crippen LogP contribution in [-0.2, 0) is 13.1 Å². The van der Waals surface area contributed by atoms with Crippen LogP contribution in [0.3, 0.4) is 0 Å². The van der Waals surface area contributed by atoms with E-state index in [1.807, 2.05) is 18.2 Å². The molecule has 0 aliphatic carbocycles. The Morgan fingerprint density at radius 1 is 1.15 bits per heavy atom. The molecule has 5 N–H and O–H groups in total. The van der Waals surface area contributed by atoms with Crippen molar-refractivity contribution >= 4 is 17.2 Å². The molecular weight excluding hydrogens is 428 g/mol. The number of carbonyl (C=O) groups is 1. The number of benzene rings is 2. The van der Waals surface area contributed by atoms with Crippen molar-refractivity contribution in [3.63, 3.8) is 0 Å². The second-order valence-corrected chi connectivity index (χ2v) is 9.64. The fourth-order valence-corrected chi connectivity index (χ4v) is 4.06. The van der Waals surface area contributed by atoms with Gasteiger partial charge in [0.15, 0.2) is 0 Å². The number of nitrogen functional groups attached to an aromatic ring is 1. The lowest BCUT2D eigenvalue weighted by molar-refractivity contribution is 0.0748. The molecule has 0 atom stereocenters. The number of hydrogen-bond donors (Lipinski definition) is 4. The van der Waals surface area contributed by atoms with Crippen molar-refractivity contribution in [2.24, 2.45) is 11.8 Å². The second-order valence-electron chi connectivity index (χ2n) is 9.64. The Morgan fingerprint density at radius 2 is 1.88 bits per heavy atom. The van der Waals surface area contributed by atoms with Gasteiger partial charge in [0.2, 0.25) is 0 Å². The van der Waals surface area contributed by atoms with Crippen LogP contribution >= 0.6 is 0 Å². The van der Waals surface area contributed by atoms with Crippen molar-refractivity contribution in [2.75, 3.05) is 18.6 Å². The van der Waals surface area contributed by atoms with Crippen LogP contribution in [0.1, 0.15) is 67.6 Å². The third kappa shape index (κ3) is 6.30. The number of carbonyl (C=O) groups excluding carboxylic acids is 1. The van der Waals surface area contributed by atoms with Gasteiger partial charge in [-0.1, -0.05) is 40.3 Å². The molecule has 1 heterocycles. The molecule has 2 aromatic rings. The van der Waals surface area contributed by atoms with Crippen molar-refractivity contribution in [2.45, 2.75) is 59.7 Å². The predicted molar refractivity (Wildman–Crippen MR) is 138 cm³/mol. The summed E-state index contributed by atoms with van der Waals surface area (Å²) in [5, 5.41) is 13.9. The Kier molecular flexibility index (Phi) is 8.58. The van der Waals surface area contributed by atoms with E-state index in [1.165, 1.54) is 6.07 Å². The van der Waals surface area contributed by atoms with E-state index in [1.54, 1.807) is 11.0 Å². The van der Waals surface area contributed by atoms with Crippen LogP contribution in [0.4, 0.5) is 5.69 Å². The maximum Gasteiger partial charge on any atom is 0.258 e. The molecule has 0 bridgehead atoms. The number of allylic oxidation sites excluding steroid dienone is 1. The monoisotopic (exact) mass is 466 g/mol. The summed E-state index contributed by atoms with van der Waals surface area (Å²) in [5.74, 6) is 6.68. The van der Waals surface area contributed by atoms with E-state index in [2.05, 4.69) is 45.0 Å². The molecule has 184 valence electrons. The van der Waals surface area contributed by atoms with Gasteiger partial charge < -0.3 is 25.5 Å². The predicted octanol–water partition coefficient (Wildman–Crippen LogP) is 4.66. The number of hydrogen-bond acceptors (Lipinski definition) is 6. The fourth-order valence-electron chi connectivity index (χ4n) is 4.06. The number of nitrogens with zero attached hydrogens (tertiary/aromatic N) is 1. The van der Waals surface area contributed by atoms with Crippen LogP contribution in [0.5, 0.6) is 11.5 Å². The van der Waals surface area contributed by atoms with Gasteiger partial charge in [0.05, 0.1) is 11.3 Å². The van der Waals surface area contributed by atoms with Gasteiger partial charge in [0, 0.05) is 37.3 Å². The van der Waals surface area contributed by atoms with Gasteiger partial charge >= 0.3 is 0 Å². The van der Waals surface area contributed by atoms with E-state index in [4.69, 9.17) is 10.6 Å². The molecule has 3 rings (SSSR count). The highest BCUT2D eigenvalue weighted by Gasteiger charge is 2.27. The summed E-state index contributed by atoms with van der Waals surface area (Å²) in [6.45, 7) is 15.0. The molecule has 1 amide bonds. The van der Waals surface area contributed by atoms with Crippen molar-refractivity contribution in [3.8, 4) is 11.5 Å². The molecule has 0 radical (unpaired) electrons. The van der Waals surface area contributed by atoms with E-state index in [9.17, 15) is 9.90 Å². The SMILES string of the molecule is C=C(CCC(C)C)c1cc(C(=O)N2Cc3ccc(OCCNC(C)C)cc3C2)c(O)cc1NN. The lowest BCUT2D eigenvalue weighted by atomic mass is 9.95. The van der Waals surface area contributed by atoms with Crippen molar-refractivity contribution in [1.29, 1.82) is 0 Å². The average Bonchev–Trinajstić information content (AvgIpc) is 3.23. The Hall–Kier alpha value is -3.03. The third-order valence-corrected chi connectivity index (χ3v) is 6.04. The molecule has 0 saturated heterocycles. The number of rotatable bonds is 11. The Labute approximate surface area is 203 Å². The van der Waals surface area contributed by atoms with Crippen molar-refractivity contribution in [1.82, 2.24) is 10.2 Å². The van der Waals surface area contributed by atoms with E-state index < -0.39 is 0 Å². The minimum Gasteiger partial charge on any atom is -0.507 e. The number of nitrogens with two attached hydrogens (primary N) is 1. The van der Waals surface area contributed by atoms with E-state index >= 15 is 0 Å². The first-order chi connectivity index (χ1) is 16.2. The average molecular weight is 467 g/mol. The number of amides is 1.